The lowest BCUT2D eigenvalue weighted by Crippen LogP contribution is -2.27. The monoisotopic (exact) mass is 326 g/mol. The minimum absolute atomic E-state index is 0. The smallest absolute Gasteiger partial charge is 0.0450 e. The summed E-state index contributed by atoms with van der Waals surface area (Å²) in [5.74, 6) is 0. The average molecular weight is 328 g/mol. The van der Waals surface area contributed by atoms with Crippen molar-refractivity contribution in [2.24, 2.45) is 0 Å². The van der Waals surface area contributed by atoms with Gasteiger partial charge in [0.25, 0.3) is 0 Å². The predicted molar refractivity (Wildman–Crippen MR) is 90.1 cm³/mol. The molecule has 0 spiro atoms. The summed E-state index contributed by atoms with van der Waals surface area (Å²) in [5.41, 5.74) is 1.18. The average Bonchev–Trinajstić information content (AvgIpc) is 2.36. The van der Waals surface area contributed by atoms with Crippen LogP contribution in [0.25, 0.3) is 0 Å². The first-order valence-electron chi connectivity index (χ1n) is 6.44. The van der Waals surface area contributed by atoms with Crippen LogP contribution in [0.3, 0.4) is 0 Å². The van der Waals surface area contributed by atoms with Crippen LogP contribution in [0.4, 0.5) is 0 Å². The second-order valence-electron chi connectivity index (χ2n) is 4.15. The first kappa shape index (κ1) is 21.3. The molecule has 0 heterocycles. The van der Waals surface area contributed by atoms with E-state index in [9.17, 15) is 0 Å². The molecule has 0 radical (unpaired) electrons. The van der Waals surface area contributed by atoms with Gasteiger partial charge in [-0.2, -0.15) is 0 Å². The van der Waals surface area contributed by atoms with Crippen molar-refractivity contribution in [3.8, 4) is 0 Å². The molecule has 1 aromatic rings. The molecule has 1 rings (SSSR count). The number of halogens is 3. The summed E-state index contributed by atoms with van der Waals surface area (Å²) in [6, 6.07) is 8.00. The zero-order valence-corrected chi connectivity index (χ0v) is 14.1. The van der Waals surface area contributed by atoms with Crippen LogP contribution >= 0.6 is 36.4 Å². The maximum absolute atomic E-state index is 6.08. The van der Waals surface area contributed by atoms with E-state index in [1.807, 2.05) is 18.2 Å². The van der Waals surface area contributed by atoms with E-state index in [4.69, 9.17) is 11.6 Å². The van der Waals surface area contributed by atoms with Gasteiger partial charge in [-0.15, -0.1) is 24.8 Å². The molecule has 19 heavy (non-hydrogen) atoms. The van der Waals surface area contributed by atoms with E-state index in [1.54, 1.807) is 0 Å². The number of nitrogens with zero attached hydrogens (tertiary/aromatic N) is 1. The van der Waals surface area contributed by atoms with Crippen LogP contribution in [0.2, 0.25) is 5.02 Å². The van der Waals surface area contributed by atoms with Crippen LogP contribution in [0.1, 0.15) is 25.8 Å². The summed E-state index contributed by atoms with van der Waals surface area (Å²) in [7, 11) is 0. The molecule has 0 amide bonds. The standard InChI is InChI=1S/C14H23ClN2.2ClH/c1-3-17(4-2)11-7-10-16-12-13-8-5-6-9-14(13)15;;/h5-6,8-9,16H,3-4,7,10-12H2,1-2H3;2*1H. The van der Waals surface area contributed by atoms with Crippen molar-refractivity contribution >= 4 is 36.4 Å². The zero-order valence-electron chi connectivity index (χ0n) is 11.7. The Labute approximate surface area is 134 Å². The first-order chi connectivity index (χ1) is 8.27. The summed E-state index contributed by atoms with van der Waals surface area (Å²) < 4.78 is 0. The van der Waals surface area contributed by atoms with Crippen molar-refractivity contribution in [2.45, 2.75) is 26.8 Å². The summed E-state index contributed by atoms with van der Waals surface area (Å²) in [5, 5.41) is 4.29. The van der Waals surface area contributed by atoms with Gasteiger partial charge >= 0.3 is 0 Å². The van der Waals surface area contributed by atoms with E-state index in [2.05, 4.69) is 30.1 Å². The molecular weight excluding hydrogens is 303 g/mol. The Bertz CT molecular complexity index is 317. The molecule has 0 aliphatic rings. The topological polar surface area (TPSA) is 15.3 Å². The van der Waals surface area contributed by atoms with E-state index in [0.29, 0.717) is 0 Å². The fraction of sp³-hybridized carbons (Fsp3) is 0.571. The van der Waals surface area contributed by atoms with Crippen molar-refractivity contribution in [3.63, 3.8) is 0 Å². The molecule has 0 unspecified atom stereocenters. The predicted octanol–water partition coefficient (Wildman–Crippen LogP) is 4.01. The molecule has 0 bridgehead atoms. The molecule has 0 saturated heterocycles. The number of hydrogen-bond donors (Lipinski definition) is 1. The van der Waals surface area contributed by atoms with Crippen molar-refractivity contribution in [2.75, 3.05) is 26.2 Å². The normalized spacial score (nSPS) is 9.89. The Morgan fingerprint density at radius 1 is 1.11 bits per heavy atom. The van der Waals surface area contributed by atoms with Gasteiger partial charge in [-0.1, -0.05) is 43.6 Å². The van der Waals surface area contributed by atoms with E-state index >= 15 is 0 Å². The van der Waals surface area contributed by atoms with Crippen LogP contribution in [0, 0.1) is 0 Å². The van der Waals surface area contributed by atoms with Crippen LogP contribution in [0.5, 0.6) is 0 Å². The maximum Gasteiger partial charge on any atom is 0.0450 e. The fourth-order valence-electron chi connectivity index (χ4n) is 1.83. The summed E-state index contributed by atoms with van der Waals surface area (Å²) in [4.78, 5) is 2.44. The van der Waals surface area contributed by atoms with Gasteiger partial charge in [-0.3, -0.25) is 0 Å². The highest BCUT2D eigenvalue weighted by atomic mass is 35.5. The quantitative estimate of drug-likeness (QED) is 0.726. The Balaban J connectivity index is 0. The third-order valence-corrected chi connectivity index (χ3v) is 3.36. The van der Waals surface area contributed by atoms with Gasteiger partial charge in [0.05, 0.1) is 0 Å². The fourth-order valence-corrected chi connectivity index (χ4v) is 2.03. The second kappa shape index (κ2) is 13.0. The highest BCUT2D eigenvalue weighted by Gasteiger charge is 1.99. The summed E-state index contributed by atoms with van der Waals surface area (Å²) in [6.45, 7) is 9.77. The third-order valence-electron chi connectivity index (χ3n) is 3.00. The van der Waals surface area contributed by atoms with Gasteiger partial charge in [0, 0.05) is 11.6 Å². The molecule has 1 N–H and O–H groups in total. The maximum atomic E-state index is 6.08. The number of nitrogens with one attached hydrogen (secondary N) is 1. The lowest BCUT2D eigenvalue weighted by atomic mass is 10.2. The van der Waals surface area contributed by atoms with E-state index < -0.39 is 0 Å². The molecule has 1 aromatic carbocycles. The molecule has 0 aliphatic heterocycles. The van der Waals surface area contributed by atoms with Crippen LogP contribution < -0.4 is 5.32 Å². The highest BCUT2D eigenvalue weighted by molar-refractivity contribution is 6.31. The molecular formula is C14H25Cl3N2. The van der Waals surface area contributed by atoms with Crippen LogP contribution in [0.15, 0.2) is 24.3 Å². The van der Waals surface area contributed by atoms with Gasteiger partial charge in [0.2, 0.25) is 0 Å². The molecule has 2 nitrogen and oxygen atoms in total. The van der Waals surface area contributed by atoms with Crippen molar-refractivity contribution < 1.29 is 0 Å². The van der Waals surface area contributed by atoms with E-state index in [1.165, 1.54) is 18.5 Å². The van der Waals surface area contributed by atoms with Crippen molar-refractivity contribution in [1.29, 1.82) is 0 Å². The minimum atomic E-state index is 0. The van der Waals surface area contributed by atoms with Crippen molar-refractivity contribution in [1.82, 2.24) is 10.2 Å². The lowest BCUT2D eigenvalue weighted by molar-refractivity contribution is 0.298. The molecule has 5 heteroatoms. The molecule has 0 aliphatic carbocycles. The van der Waals surface area contributed by atoms with Crippen LogP contribution in [-0.2, 0) is 6.54 Å². The van der Waals surface area contributed by atoms with Gasteiger partial charge < -0.3 is 10.2 Å². The van der Waals surface area contributed by atoms with E-state index in [-0.39, 0.29) is 24.8 Å². The summed E-state index contributed by atoms with van der Waals surface area (Å²) in [6.07, 6.45) is 1.19. The number of benzene rings is 1. The molecule has 0 atom stereocenters. The Hall–Kier alpha value is 0.01000. The SMILES string of the molecule is CCN(CC)CCCNCc1ccccc1Cl.Cl.Cl. The van der Waals surface area contributed by atoms with Gasteiger partial charge in [-0.25, -0.2) is 0 Å². The van der Waals surface area contributed by atoms with Crippen LogP contribution in [-0.4, -0.2) is 31.1 Å². The van der Waals surface area contributed by atoms with Crippen molar-refractivity contribution in [3.05, 3.63) is 34.9 Å². The first-order valence-corrected chi connectivity index (χ1v) is 6.82. The molecule has 0 fully saturated rings. The molecule has 112 valence electrons. The largest absolute Gasteiger partial charge is 0.313 e. The number of rotatable bonds is 8. The lowest BCUT2D eigenvalue weighted by Gasteiger charge is -2.17. The van der Waals surface area contributed by atoms with Gasteiger partial charge in [0.1, 0.15) is 0 Å². The third kappa shape index (κ3) is 8.72. The minimum Gasteiger partial charge on any atom is -0.313 e. The zero-order chi connectivity index (χ0) is 12.5. The Morgan fingerprint density at radius 3 is 2.32 bits per heavy atom. The Morgan fingerprint density at radius 2 is 1.74 bits per heavy atom. The Kier molecular flexibility index (Phi) is 14.6. The van der Waals surface area contributed by atoms with Gasteiger partial charge in [0.15, 0.2) is 0 Å². The van der Waals surface area contributed by atoms with E-state index in [0.717, 1.165) is 31.2 Å². The highest BCUT2D eigenvalue weighted by Crippen LogP contribution is 2.14. The summed E-state index contributed by atoms with van der Waals surface area (Å²) >= 11 is 6.08. The molecule has 0 aromatic heterocycles. The molecule has 0 saturated carbocycles. The number of hydrogen-bond acceptors (Lipinski definition) is 2. The van der Waals surface area contributed by atoms with Gasteiger partial charge in [-0.05, 0) is 44.2 Å². The second-order valence-corrected chi connectivity index (χ2v) is 4.56.